The van der Waals surface area contributed by atoms with Crippen LogP contribution in [0.25, 0.3) is 0 Å². The Balaban J connectivity index is 1.69. The van der Waals surface area contributed by atoms with E-state index in [1.807, 2.05) is 43.8 Å². The summed E-state index contributed by atoms with van der Waals surface area (Å²) in [6.07, 6.45) is 1.76. The number of halogens is 2. The first-order valence-electron chi connectivity index (χ1n) is 8.35. The number of aryl methyl sites for hydroxylation is 2. The van der Waals surface area contributed by atoms with E-state index < -0.39 is 0 Å². The third-order valence-electron chi connectivity index (χ3n) is 4.31. The summed E-state index contributed by atoms with van der Waals surface area (Å²) in [5.41, 5.74) is 4.73. The second-order valence-corrected chi connectivity index (χ2v) is 7.44. The number of benzene rings is 1. The van der Waals surface area contributed by atoms with Gasteiger partial charge in [0.25, 0.3) is 0 Å². The summed E-state index contributed by atoms with van der Waals surface area (Å²) >= 11 is 17.7. The van der Waals surface area contributed by atoms with Crippen LogP contribution in [-0.2, 0) is 20.1 Å². The topological polar surface area (TPSA) is 59.7 Å². The monoisotopic (exact) mass is 422 g/mol. The van der Waals surface area contributed by atoms with Gasteiger partial charge in [-0.3, -0.25) is 9.36 Å². The van der Waals surface area contributed by atoms with Crippen molar-refractivity contribution in [1.82, 2.24) is 24.9 Å². The number of hydrogen-bond acceptors (Lipinski definition) is 3. The van der Waals surface area contributed by atoms with Crippen LogP contribution in [0.15, 0.2) is 30.5 Å². The van der Waals surface area contributed by atoms with Crippen LogP contribution in [0, 0.1) is 13.8 Å². The van der Waals surface area contributed by atoms with E-state index in [0.717, 1.165) is 28.3 Å². The van der Waals surface area contributed by atoms with Gasteiger partial charge in [0.2, 0.25) is 0 Å². The Hall–Kier alpha value is -2.09. The molecule has 0 aliphatic heterocycles. The van der Waals surface area contributed by atoms with Gasteiger partial charge in [-0.15, -0.1) is 0 Å². The van der Waals surface area contributed by atoms with Crippen molar-refractivity contribution >= 4 is 46.2 Å². The van der Waals surface area contributed by atoms with Crippen LogP contribution in [0.5, 0.6) is 0 Å². The van der Waals surface area contributed by atoms with Crippen molar-refractivity contribution in [2.45, 2.75) is 26.9 Å². The molecule has 0 fully saturated rings. The highest BCUT2D eigenvalue weighted by molar-refractivity contribution is 7.80. The molecule has 27 heavy (non-hydrogen) atoms. The number of nitrogens with zero attached hydrogens (tertiary/aromatic N) is 4. The third kappa shape index (κ3) is 4.61. The molecule has 0 radical (unpaired) electrons. The van der Waals surface area contributed by atoms with Crippen molar-refractivity contribution in [3.05, 3.63) is 63.2 Å². The van der Waals surface area contributed by atoms with Crippen molar-refractivity contribution in [2.24, 2.45) is 7.05 Å². The van der Waals surface area contributed by atoms with E-state index >= 15 is 0 Å². The first-order valence-corrected chi connectivity index (χ1v) is 9.51. The Bertz CT molecular complexity index is 978. The molecular weight excluding hydrogens is 403 g/mol. The van der Waals surface area contributed by atoms with Crippen molar-refractivity contribution in [2.75, 3.05) is 5.32 Å². The highest BCUT2D eigenvalue weighted by atomic mass is 35.5. The second kappa shape index (κ2) is 8.29. The largest absolute Gasteiger partial charge is 0.357 e. The van der Waals surface area contributed by atoms with Gasteiger partial charge in [0.1, 0.15) is 0 Å². The summed E-state index contributed by atoms with van der Waals surface area (Å²) in [6.45, 7) is 5.09. The Kier molecular flexibility index (Phi) is 6.04. The van der Waals surface area contributed by atoms with Gasteiger partial charge in [0.15, 0.2) is 5.11 Å². The molecule has 3 rings (SSSR count). The van der Waals surface area contributed by atoms with Gasteiger partial charge in [-0.1, -0.05) is 29.3 Å². The van der Waals surface area contributed by atoms with Crippen LogP contribution in [-0.4, -0.2) is 24.7 Å². The molecule has 1 aromatic carbocycles. The molecular formula is C18H20Cl2N6S. The van der Waals surface area contributed by atoms with Gasteiger partial charge < -0.3 is 10.6 Å². The lowest BCUT2D eigenvalue weighted by Gasteiger charge is -2.12. The van der Waals surface area contributed by atoms with Gasteiger partial charge in [0, 0.05) is 23.3 Å². The van der Waals surface area contributed by atoms with E-state index in [9.17, 15) is 0 Å². The fourth-order valence-corrected chi connectivity index (χ4v) is 3.39. The maximum Gasteiger partial charge on any atom is 0.171 e. The maximum absolute atomic E-state index is 6.29. The number of rotatable bonds is 5. The molecule has 0 bridgehead atoms. The van der Waals surface area contributed by atoms with Gasteiger partial charge in [-0.2, -0.15) is 10.2 Å². The first kappa shape index (κ1) is 19.7. The minimum atomic E-state index is 0.534. The fourth-order valence-electron chi connectivity index (χ4n) is 2.75. The van der Waals surface area contributed by atoms with Crippen LogP contribution in [0.1, 0.15) is 22.6 Å². The number of anilines is 1. The summed E-state index contributed by atoms with van der Waals surface area (Å²) in [7, 11) is 1.90. The van der Waals surface area contributed by atoms with E-state index in [4.69, 9.17) is 35.4 Å². The Morgan fingerprint density at radius 2 is 2.00 bits per heavy atom. The molecule has 0 aliphatic carbocycles. The molecule has 2 heterocycles. The Morgan fingerprint density at radius 3 is 2.67 bits per heavy atom. The zero-order chi connectivity index (χ0) is 19.6. The van der Waals surface area contributed by atoms with Gasteiger partial charge in [0.05, 0.1) is 35.9 Å². The SMILES string of the molecule is Cc1nn(Cc2ccc(Cl)cc2Cl)c(C)c1NC(=S)NCc1ccnn1C. The third-order valence-corrected chi connectivity index (χ3v) is 5.14. The zero-order valence-corrected chi connectivity index (χ0v) is 17.6. The summed E-state index contributed by atoms with van der Waals surface area (Å²) in [5.74, 6) is 0. The lowest BCUT2D eigenvalue weighted by Crippen LogP contribution is -2.29. The lowest BCUT2D eigenvalue weighted by atomic mass is 10.2. The minimum absolute atomic E-state index is 0.534. The molecule has 9 heteroatoms. The summed E-state index contributed by atoms with van der Waals surface area (Å²) < 4.78 is 3.70. The Labute approximate surface area is 173 Å². The zero-order valence-electron chi connectivity index (χ0n) is 15.3. The van der Waals surface area contributed by atoms with Gasteiger partial charge in [-0.25, -0.2) is 0 Å². The number of hydrogen-bond donors (Lipinski definition) is 2. The van der Waals surface area contributed by atoms with Crippen LogP contribution in [0.4, 0.5) is 5.69 Å². The van der Waals surface area contributed by atoms with Crippen LogP contribution in [0.3, 0.4) is 0 Å². The lowest BCUT2D eigenvalue weighted by molar-refractivity contribution is 0.659. The van der Waals surface area contributed by atoms with Crippen molar-refractivity contribution in [1.29, 1.82) is 0 Å². The molecule has 6 nitrogen and oxygen atoms in total. The summed E-state index contributed by atoms with van der Waals surface area (Å²) in [6, 6.07) is 7.42. The van der Waals surface area contributed by atoms with E-state index in [0.29, 0.717) is 28.2 Å². The van der Waals surface area contributed by atoms with E-state index in [1.165, 1.54) is 0 Å². The van der Waals surface area contributed by atoms with E-state index in [-0.39, 0.29) is 0 Å². The van der Waals surface area contributed by atoms with Crippen LogP contribution >= 0.6 is 35.4 Å². The maximum atomic E-state index is 6.29. The molecule has 0 amide bonds. The van der Waals surface area contributed by atoms with Crippen LogP contribution in [0.2, 0.25) is 10.0 Å². The predicted molar refractivity (Wildman–Crippen MR) is 114 cm³/mol. The highest BCUT2D eigenvalue weighted by Crippen LogP contribution is 2.25. The molecule has 0 atom stereocenters. The second-order valence-electron chi connectivity index (χ2n) is 6.19. The van der Waals surface area contributed by atoms with Crippen LogP contribution < -0.4 is 10.6 Å². The molecule has 0 saturated carbocycles. The molecule has 0 saturated heterocycles. The molecule has 0 aliphatic rings. The molecule has 0 unspecified atom stereocenters. The normalized spacial score (nSPS) is 10.9. The highest BCUT2D eigenvalue weighted by Gasteiger charge is 2.14. The van der Waals surface area contributed by atoms with Gasteiger partial charge in [-0.05, 0) is 49.8 Å². The molecule has 2 aromatic heterocycles. The van der Waals surface area contributed by atoms with E-state index in [2.05, 4.69) is 20.8 Å². The van der Waals surface area contributed by atoms with E-state index in [1.54, 1.807) is 16.9 Å². The Morgan fingerprint density at radius 1 is 1.22 bits per heavy atom. The average molecular weight is 423 g/mol. The summed E-state index contributed by atoms with van der Waals surface area (Å²) in [5, 5.41) is 17.0. The molecule has 142 valence electrons. The fraction of sp³-hybridized carbons (Fsp3) is 0.278. The first-order chi connectivity index (χ1) is 12.8. The van der Waals surface area contributed by atoms with Crippen molar-refractivity contribution in [3.63, 3.8) is 0 Å². The van der Waals surface area contributed by atoms with Crippen molar-refractivity contribution in [3.8, 4) is 0 Å². The summed E-state index contributed by atoms with van der Waals surface area (Å²) in [4.78, 5) is 0. The quantitative estimate of drug-likeness (QED) is 0.606. The molecule has 3 aromatic rings. The smallest absolute Gasteiger partial charge is 0.171 e. The number of nitrogens with one attached hydrogen (secondary N) is 2. The standard InChI is InChI=1S/C18H20Cl2N6S/c1-11-17(23-18(27)21-9-15-6-7-22-25(15)3)12(2)26(24-11)10-13-4-5-14(19)8-16(13)20/h4-8H,9-10H2,1-3H3,(H2,21,23,27). The molecule has 2 N–H and O–H groups in total. The average Bonchev–Trinajstić information content (AvgIpc) is 3.13. The van der Waals surface area contributed by atoms with Crippen molar-refractivity contribution < 1.29 is 0 Å². The van der Waals surface area contributed by atoms with Gasteiger partial charge >= 0.3 is 0 Å². The number of aromatic nitrogens is 4. The molecule has 0 spiro atoms. The minimum Gasteiger partial charge on any atom is -0.357 e. The predicted octanol–water partition coefficient (Wildman–Crippen LogP) is 4.08. The number of thiocarbonyl (C=S) groups is 1.